The quantitative estimate of drug-likeness (QED) is 0.691. The van der Waals surface area contributed by atoms with Crippen LogP contribution in [0.25, 0.3) is 10.2 Å². The van der Waals surface area contributed by atoms with E-state index in [9.17, 15) is 4.79 Å². The van der Waals surface area contributed by atoms with E-state index in [4.69, 9.17) is 9.72 Å². The number of rotatable bonds is 3. The number of hydrogen-bond acceptors (Lipinski definition) is 5. The number of carbonyl (C=O) groups is 1. The number of piperazine rings is 1. The highest BCUT2D eigenvalue weighted by Gasteiger charge is 2.24. The first-order valence-corrected chi connectivity index (χ1v) is 9.93. The number of amides is 1. The molecule has 4 rings (SSSR count). The number of aryl methyl sites for hydroxylation is 2. The minimum absolute atomic E-state index is 0.0769. The maximum absolute atomic E-state index is 12.7. The van der Waals surface area contributed by atoms with Crippen molar-refractivity contribution in [1.29, 1.82) is 0 Å². The molecule has 0 saturated carbocycles. The Kier molecular flexibility index (Phi) is 4.74. The van der Waals surface area contributed by atoms with Gasteiger partial charge in [-0.3, -0.25) is 4.79 Å². The van der Waals surface area contributed by atoms with E-state index >= 15 is 0 Å². The first-order chi connectivity index (χ1) is 13.0. The van der Waals surface area contributed by atoms with E-state index in [1.165, 1.54) is 15.8 Å². The van der Waals surface area contributed by atoms with Gasteiger partial charge in [0, 0.05) is 31.7 Å². The van der Waals surface area contributed by atoms with Gasteiger partial charge in [-0.15, -0.1) is 0 Å². The van der Waals surface area contributed by atoms with Crippen LogP contribution >= 0.6 is 11.3 Å². The third kappa shape index (κ3) is 3.49. The van der Waals surface area contributed by atoms with Crippen molar-refractivity contribution in [3.63, 3.8) is 0 Å². The van der Waals surface area contributed by atoms with Gasteiger partial charge in [0.2, 0.25) is 0 Å². The fourth-order valence-electron chi connectivity index (χ4n) is 3.52. The molecule has 3 aromatic rings. The van der Waals surface area contributed by atoms with Gasteiger partial charge in [0.1, 0.15) is 5.75 Å². The number of fused-ring (bicyclic) bond motifs is 1. The van der Waals surface area contributed by atoms with Crippen LogP contribution in [0.4, 0.5) is 5.13 Å². The molecule has 2 heterocycles. The van der Waals surface area contributed by atoms with Gasteiger partial charge in [0.25, 0.3) is 5.91 Å². The van der Waals surface area contributed by atoms with Crippen LogP contribution in [-0.4, -0.2) is 49.1 Å². The molecule has 0 radical (unpaired) electrons. The largest absolute Gasteiger partial charge is 0.497 e. The molecule has 1 aromatic heterocycles. The van der Waals surface area contributed by atoms with E-state index in [-0.39, 0.29) is 5.91 Å². The van der Waals surface area contributed by atoms with Crippen LogP contribution in [0.1, 0.15) is 21.5 Å². The van der Waals surface area contributed by atoms with Crippen molar-refractivity contribution in [2.75, 3.05) is 38.2 Å². The van der Waals surface area contributed by atoms with Gasteiger partial charge in [-0.25, -0.2) is 4.98 Å². The normalized spacial score (nSPS) is 14.6. The third-order valence-corrected chi connectivity index (χ3v) is 6.25. The van der Waals surface area contributed by atoms with Crippen molar-refractivity contribution in [2.45, 2.75) is 13.8 Å². The minimum atomic E-state index is 0.0769. The smallest absolute Gasteiger partial charge is 0.253 e. The van der Waals surface area contributed by atoms with Gasteiger partial charge in [-0.2, -0.15) is 0 Å². The van der Waals surface area contributed by atoms with Gasteiger partial charge in [0.15, 0.2) is 5.13 Å². The lowest BCUT2D eigenvalue weighted by molar-refractivity contribution is 0.0746. The second-order valence-corrected chi connectivity index (χ2v) is 7.91. The number of anilines is 1. The van der Waals surface area contributed by atoms with E-state index in [0.29, 0.717) is 18.7 Å². The lowest BCUT2D eigenvalue weighted by Crippen LogP contribution is -2.48. The Morgan fingerprint density at radius 2 is 1.78 bits per heavy atom. The fourth-order valence-corrected chi connectivity index (χ4v) is 4.58. The molecular formula is C21H23N3O2S. The predicted octanol–water partition coefficient (Wildman–Crippen LogP) is 3.88. The number of methoxy groups -OCH3 is 1. The SMILES string of the molecule is COc1ccc(C(=O)N2CCN(c3nc4cc(C)cc(C)c4s3)CC2)cc1. The zero-order valence-corrected chi connectivity index (χ0v) is 16.7. The summed E-state index contributed by atoms with van der Waals surface area (Å²) in [7, 11) is 1.63. The summed E-state index contributed by atoms with van der Waals surface area (Å²) in [5.74, 6) is 0.839. The molecule has 6 heteroatoms. The summed E-state index contributed by atoms with van der Waals surface area (Å²) < 4.78 is 6.42. The molecule has 0 N–H and O–H groups in total. The Labute approximate surface area is 163 Å². The highest BCUT2D eigenvalue weighted by atomic mass is 32.1. The van der Waals surface area contributed by atoms with E-state index in [1.54, 1.807) is 18.4 Å². The number of nitrogens with zero attached hydrogens (tertiary/aromatic N) is 3. The van der Waals surface area contributed by atoms with Crippen molar-refractivity contribution in [2.24, 2.45) is 0 Å². The Bertz CT molecular complexity index is 973. The van der Waals surface area contributed by atoms with Gasteiger partial charge in [0.05, 0.1) is 17.3 Å². The molecule has 140 valence electrons. The summed E-state index contributed by atoms with van der Waals surface area (Å²) in [5, 5.41) is 1.05. The molecule has 1 fully saturated rings. The Hall–Kier alpha value is -2.60. The van der Waals surface area contributed by atoms with E-state index in [2.05, 4.69) is 30.9 Å². The lowest BCUT2D eigenvalue weighted by atomic mass is 10.1. The molecule has 0 unspecified atom stereocenters. The summed E-state index contributed by atoms with van der Waals surface area (Å²) in [5.41, 5.74) is 4.30. The average molecular weight is 382 g/mol. The Morgan fingerprint density at radius 3 is 2.44 bits per heavy atom. The molecule has 2 aromatic carbocycles. The molecule has 1 amide bonds. The summed E-state index contributed by atoms with van der Waals surface area (Å²) in [6.07, 6.45) is 0. The van der Waals surface area contributed by atoms with E-state index in [0.717, 1.165) is 29.5 Å². The van der Waals surface area contributed by atoms with Crippen molar-refractivity contribution >= 4 is 32.6 Å². The van der Waals surface area contributed by atoms with Crippen molar-refractivity contribution in [3.05, 3.63) is 53.1 Å². The van der Waals surface area contributed by atoms with Crippen LogP contribution in [-0.2, 0) is 0 Å². The van der Waals surface area contributed by atoms with Crippen LogP contribution in [0.3, 0.4) is 0 Å². The molecule has 0 bridgehead atoms. The Morgan fingerprint density at radius 1 is 1.07 bits per heavy atom. The highest BCUT2D eigenvalue weighted by molar-refractivity contribution is 7.22. The Balaban J connectivity index is 1.45. The van der Waals surface area contributed by atoms with Crippen molar-refractivity contribution < 1.29 is 9.53 Å². The number of benzene rings is 2. The van der Waals surface area contributed by atoms with Crippen LogP contribution in [0.5, 0.6) is 5.75 Å². The zero-order valence-electron chi connectivity index (χ0n) is 15.9. The fraction of sp³-hybridized carbons (Fsp3) is 0.333. The highest BCUT2D eigenvalue weighted by Crippen LogP contribution is 2.32. The average Bonchev–Trinajstić information content (AvgIpc) is 3.12. The summed E-state index contributed by atoms with van der Waals surface area (Å²) in [6.45, 7) is 7.27. The molecule has 1 saturated heterocycles. The van der Waals surface area contributed by atoms with Crippen LogP contribution in [0.2, 0.25) is 0 Å². The minimum Gasteiger partial charge on any atom is -0.497 e. The second kappa shape index (κ2) is 7.19. The van der Waals surface area contributed by atoms with Crippen molar-refractivity contribution in [1.82, 2.24) is 9.88 Å². The molecule has 1 aliphatic heterocycles. The van der Waals surface area contributed by atoms with Gasteiger partial charge in [-0.1, -0.05) is 17.4 Å². The topological polar surface area (TPSA) is 45.7 Å². The maximum atomic E-state index is 12.7. The number of carbonyl (C=O) groups excluding carboxylic acids is 1. The van der Waals surface area contributed by atoms with E-state index < -0.39 is 0 Å². The number of thiazole rings is 1. The summed E-state index contributed by atoms with van der Waals surface area (Å²) in [4.78, 5) is 21.8. The molecule has 27 heavy (non-hydrogen) atoms. The number of aromatic nitrogens is 1. The molecular weight excluding hydrogens is 358 g/mol. The summed E-state index contributed by atoms with van der Waals surface area (Å²) in [6, 6.07) is 11.7. The predicted molar refractivity (Wildman–Crippen MR) is 110 cm³/mol. The third-order valence-electron chi connectivity index (χ3n) is 4.98. The van der Waals surface area contributed by atoms with Gasteiger partial charge >= 0.3 is 0 Å². The molecule has 0 spiro atoms. The molecule has 0 atom stereocenters. The monoisotopic (exact) mass is 381 g/mol. The summed E-state index contributed by atoms with van der Waals surface area (Å²) >= 11 is 1.75. The van der Waals surface area contributed by atoms with Gasteiger partial charge < -0.3 is 14.5 Å². The standard InChI is InChI=1S/C21H23N3O2S/c1-14-12-15(2)19-18(13-14)22-21(27-19)24-10-8-23(9-11-24)20(25)16-4-6-17(26-3)7-5-16/h4-7,12-13H,8-11H2,1-3H3. The van der Waals surface area contributed by atoms with E-state index in [1.807, 2.05) is 29.2 Å². The number of hydrogen-bond donors (Lipinski definition) is 0. The maximum Gasteiger partial charge on any atom is 0.253 e. The molecule has 0 aliphatic carbocycles. The van der Waals surface area contributed by atoms with Crippen LogP contribution in [0.15, 0.2) is 36.4 Å². The van der Waals surface area contributed by atoms with Crippen LogP contribution in [0, 0.1) is 13.8 Å². The second-order valence-electron chi connectivity index (χ2n) is 6.93. The number of ether oxygens (including phenoxy) is 1. The first-order valence-electron chi connectivity index (χ1n) is 9.11. The first kappa shape index (κ1) is 17.8. The van der Waals surface area contributed by atoms with Gasteiger partial charge in [-0.05, 0) is 55.3 Å². The zero-order chi connectivity index (χ0) is 19.0. The van der Waals surface area contributed by atoms with Crippen molar-refractivity contribution in [3.8, 4) is 5.75 Å². The molecule has 5 nitrogen and oxygen atoms in total. The van der Waals surface area contributed by atoms with Crippen LogP contribution < -0.4 is 9.64 Å². The lowest BCUT2D eigenvalue weighted by Gasteiger charge is -2.34. The molecule has 1 aliphatic rings.